The highest BCUT2D eigenvalue weighted by molar-refractivity contribution is 6.01. The lowest BCUT2D eigenvalue weighted by molar-refractivity contribution is -0.126. The lowest BCUT2D eigenvalue weighted by Crippen LogP contribution is -2.37. The van der Waals surface area contributed by atoms with Crippen molar-refractivity contribution in [3.8, 4) is 0 Å². The second-order valence-corrected chi connectivity index (χ2v) is 6.30. The van der Waals surface area contributed by atoms with Gasteiger partial charge in [0.05, 0.1) is 5.92 Å². The highest BCUT2D eigenvalue weighted by Crippen LogP contribution is 2.31. The molecule has 0 aromatic heterocycles. The van der Waals surface area contributed by atoms with E-state index in [1.165, 1.54) is 5.56 Å². The van der Waals surface area contributed by atoms with Crippen LogP contribution in [0.1, 0.15) is 30.0 Å². The number of anilines is 1. The molecule has 5 nitrogen and oxygen atoms in total. The van der Waals surface area contributed by atoms with Gasteiger partial charge < -0.3 is 15.5 Å². The molecule has 2 N–H and O–H groups in total. The van der Waals surface area contributed by atoms with Gasteiger partial charge in [-0.25, -0.2) is 0 Å². The Hall–Kier alpha value is -1.88. The summed E-state index contributed by atoms with van der Waals surface area (Å²) in [5.74, 6) is -0.253. The van der Waals surface area contributed by atoms with Crippen LogP contribution in [0.2, 0.25) is 0 Å². The van der Waals surface area contributed by atoms with Crippen LogP contribution in [0.4, 0.5) is 5.69 Å². The molecule has 0 saturated carbocycles. The van der Waals surface area contributed by atoms with Gasteiger partial charge in [-0.15, -0.1) is 0 Å². The van der Waals surface area contributed by atoms with Crippen LogP contribution >= 0.6 is 0 Å². The average Bonchev–Trinajstić information content (AvgIpc) is 2.84. The van der Waals surface area contributed by atoms with Gasteiger partial charge in [0.2, 0.25) is 11.8 Å². The number of nitrogens with zero attached hydrogens (tertiary/aromatic N) is 1. The summed E-state index contributed by atoms with van der Waals surface area (Å²) in [5.41, 5.74) is 4.32. The minimum Gasteiger partial charge on any atom is -0.355 e. The van der Waals surface area contributed by atoms with Crippen molar-refractivity contribution in [1.82, 2.24) is 10.6 Å². The van der Waals surface area contributed by atoms with Gasteiger partial charge in [-0.05, 0) is 38.4 Å². The third-order valence-corrected chi connectivity index (χ3v) is 4.25. The number of likely N-dealkylation sites (N-methyl/N-ethyl adjacent to an activating group) is 1. The molecule has 0 radical (unpaired) electrons. The molecule has 126 valence electrons. The average molecular weight is 317 g/mol. The first kappa shape index (κ1) is 17.5. The number of nitrogens with one attached hydrogen (secondary N) is 2. The van der Waals surface area contributed by atoms with Crippen molar-refractivity contribution in [2.24, 2.45) is 5.92 Å². The lowest BCUT2D eigenvalue weighted by Gasteiger charge is -2.22. The summed E-state index contributed by atoms with van der Waals surface area (Å²) in [5, 5.41) is 6.08. The van der Waals surface area contributed by atoms with Crippen LogP contribution in [0.3, 0.4) is 0 Å². The largest absolute Gasteiger partial charge is 0.355 e. The third kappa shape index (κ3) is 4.10. The molecule has 0 spiro atoms. The normalized spacial score (nSPS) is 17.7. The van der Waals surface area contributed by atoms with E-state index in [9.17, 15) is 9.59 Å². The van der Waals surface area contributed by atoms with E-state index in [1.807, 2.05) is 20.8 Å². The summed E-state index contributed by atoms with van der Waals surface area (Å²) in [6.07, 6.45) is 0.291. The molecule has 1 fully saturated rings. The molecular formula is C18H27N3O2. The Morgan fingerprint density at radius 1 is 1.22 bits per heavy atom. The van der Waals surface area contributed by atoms with E-state index in [-0.39, 0.29) is 17.7 Å². The molecule has 1 atom stereocenters. The smallest absolute Gasteiger partial charge is 0.227 e. The van der Waals surface area contributed by atoms with Crippen molar-refractivity contribution in [3.63, 3.8) is 0 Å². The van der Waals surface area contributed by atoms with Crippen LogP contribution in [0.5, 0.6) is 0 Å². The van der Waals surface area contributed by atoms with E-state index in [1.54, 1.807) is 4.90 Å². The van der Waals surface area contributed by atoms with Gasteiger partial charge in [0.25, 0.3) is 0 Å². The van der Waals surface area contributed by atoms with Crippen LogP contribution in [0.15, 0.2) is 12.1 Å². The summed E-state index contributed by atoms with van der Waals surface area (Å²) >= 11 is 0. The van der Waals surface area contributed by atoms with E-state index in [4.69, 9.17) is 0 Å². The zero-order valence-corrected chi connectivity index (χ0v) is 14.5. The number of carbonyl (C=O) groups is 2. The number of rotatable bonds is 6. The van der Waals surface area contributed by atoms with Gasteiger partial charge in [-0.3, -0.25) is 9.59 Å². The fourth-order valence-electron chi connectivity index (χ4n) is 3.29. The Kier molecular flexibility index (Phi) is 5.77. The first-order valence-electron chi connectivity index (χ1n) is 8.30. The maximum Gasteiger partial charge on any atom is 0.227 e. The Morgan fingerprint density at radius 3 is 2.48 bits per heavy atom. The molecule has 5 heteroatoms. The van der Waals surface area contributed by atoms with E-state index in [0.29, 0.717) is 19.5 Å². The highest BCUT2D eigenvalue weighted by Gasteiger charge is 2.36. The van der Waals surface area contributed by atoms with Gasteiger partial charge in [-0.1, -0.05) is 24.6 Å². The molecule has 1 aliphatic heterocycles. The van der Waals surface area contributed by atoms with Crippen molar-refractivity contribution < 1.29 is 9.59 Å². The molecule has 1 aromatic carbocycles. The van der Waals surface area contributed by atoms with E-state index in [2.05, 4.69) is 29.7 Å². The summed E-state index contributed by atoms with van der Waals surface area (Å²) in [4.78, 5) is 26.4. The minimum absolute atomic E-state index is 0.0267. The van der Waals surface area contributed by atoms with Crippen LogP contribution in [-0.2, 0) is 9.59 Å². The van der Waals surface area contributed by atoms with Crippen molar-refractivity contribution in [1.29, 1.82) is 0 Å². The van der Waals surface area contributed by atoms with Gasteiger partial charge in [-0.2, -0.15) is 0 Å². The quantitative estimate of drug-likeness (QED) is 0.785. The number of aryl methyl sites for hydroxylation is 3. The molecule has 23 heavy (non-hydrogen) atoms. The number of benzene rings is 1. The second-order valence-electron chi connectivity index (χ2n) is 6.30. The van der Waals surface area contributed by atoms with Crippen LogP contribution < -0.4 is 15.5 Å². The summed E-state index contributed by atoms with van der Waals surface area (Å²) in [6, 6.07) is 4.17. The maximum absolute atomic E-state index is 12.4. The minimum atomic E-state index is -0.260. The van der Waals surface area contributed by atoms with Crippen molar-refractivity contribution in [3.05, 3.63) is 28.8 Å². The van der Waals surface area contributed by atoms with Crippen molar-refractivity contribution in [2.45, 2.75) is 34.1 Å². The Bertz CT molecular complexity index is 575. The molecule has 1 unspecified atom stereocenters. The van der Waals surface area contributed by atoms with Gasteiger partial charge in [0.15, 0.2) is 0 Å². The molecule has 1 heterocycles. The number of hydrogen-bond donors (Lipinski definition) is 2. The maximum atomic E-state index is 12.4. The SMILES string of the molecule is CCNCCNC(=O)C1CC(=O)N(c2c(C)cc(C)cc2C)C1. The Morgan fingerprint density at radius 2 is 1.87 bits per heavy atom. The van der Waals surface area contributed by atoms with Gasteiger partial charge >= 0.3 is 0 Å². The number of hydrogen-bond acceptors (Lipinski definition) is 3. The Balaban J connectivity index is 2.04. The zero-order valence-electron chi connectivity index (χ0n) is 14.5. The molecule has 0 bridgehead atoms. The third-order valence-electron chi connectivity index (χ3n) is 4.25. The fourth-order valence-corrected chi connectivity index (χ4v) is 3.29. The van der Waals surface area contributed by atoms with Gasteiger partial charge in [0.1, 0.15) is 0 Å². The summed E-state index contributed by atoms with van der Waals surface area (Å²) < 4.78 is 0. The van der Waals surface area contributed by atoms with Crippen LogP contribution in [-0.4, -0.2) is 38.0 Å². The topological polar surface area (TPSA) is 61.4 Å². The summed E-state index contributed by atoms with van der Waals surface area (Å²) in [6.45, 7) is 10.8. The van der Waals surface area contributed by atoms with E-state index in [0.717, 1.165) is 29.9 Å². The standard InChI is InChI=1S/C18H27N3O2/c1-5-19-6-7-20-18(23)15-10-16(22)21(11-15)17-13(3)8-12(2)9-14(17)4/h8-9,15,19H,5-7,10-11H2,1-4H3,(H,20,23). The van der Waals surface area contributed by atoms with E-state index < -0.39 is 0 Å². The van der Waals surface area contributed by atoms with E-state index >= 15 is 0 Å². The van der Waals surface area contributed by atoms with Crippen molar-refractivity contribution in [2.75, 3.05) is 31.1 Å². The first-order valence-corrected chi connectivity index (χ1v) is 8.30. The predicted molar refractivity (Wildman–Crippen MR) is 92.7 cm³/mol. The highest BCUT2D eigenvalue weighted by atomic mass is 16.2. The van der Waals surface area contributed by atoms with Crippen LogP contribution in [0.25, 0.3) is 0 Å². The van der Waals surface area contributed by atoms with Gasteiger partial charge in [0, 0.05) is 31.7 Å². The second kappa shape index (κ2) is 7.59. The number of amides is 2. The number of carbonyl (C=O) groups excluding carboxylic acids is 2. The lowest BCUT2D eigenvalue weighted by atomic mass is 10.0. The molecule has 2 rings (SSSR count). The van der Waals surface area contributed by atoms with Crippen LogP contribution in [0, 0.1) is 26.7 Å². The molecule has 0 aliphatic carbocycles. The molecule has 1 aliphatic rings. The zero-order chi connectivity index (χ0) is 17.0. The first-order chi connectivity index (χ1) is 10.9. The fraction of sp³-hybridized carbons (Fsp3) is 0.556. The molecule has 2 amide bonds. The predicted octanol–water partition coefficient (Wildman–Crippen LogP) is 1.69. The Labute approximate surface area is 138 Å². The molecule has 1 saturated heterocycles. The molecule has 1 aromatic rings. The van der Waals surface area contributed by atoms with Crippen molar-refractivity contribution >= 4 is 17.5 Å². The summed E-state index contributed by atoms with van der Waals surface area (Å²) in [7, 11) is 0. The molecular weight excluding hydrogens is 290 g/mol. The monoisotopic (exact) mass is 317 g/mol.